The molecule has 1 aromatic heterocycles. The molecule has 0 spiro atoms. The third-order valence-electron chi connectivity index (χ3n) is 9.26. The van der Waals surface area contributed by atoms with Gasteiger partial charge in [-0.1, -0.05) is 55.8 Å². The van der Waals surface area contributed by atoms with Crippen molar-refractivity contribution in [2.24, 2.45) is 7.05 Å². The topological polar surface area (TPSA) is 68.7 Å². The number of aromatic nitrogens is 2. The molecule has 0 bridgehead atoms. The van der Waals surface area contributed by atoms with E-state index in [1.165, 1.54) is 17.0 Å². The van der Waals surface area contributed by atoms with Gasteiger partial charge < -0.3 is 25.0 Å². The third kappa shape index (κ3) is 7.35. The van der Waals surface area contributed by atoms with Gasteiger partial charge in [-0.15, -0.1) is 0 Å². The van der Waals surface area contributed by atoms with E-state index in [9.17, 15) is 4.79 Å². The number of hydrogen-bond donors (Lipinski definition) is 2. The molecule has 46 heavy (non-hydrogen) atoms. The highest BCUT2D eigenvalue weighted by atomic mass is 35.5. The molecule has 0 atom stereocenters. The smallest absolute Gasteiger partial charge is 0.243 e. The Kier molecular flexibility index (Phi) is 10.9. The van der Waals surface area contributed by atoms with Gasteiger partial charge in [0.2, 0.25) is 5.91 Å². The average Bonchev–Trinajstić information content (AvgIpc) is 3.34. The normalized spacial score (nSPS) is 16.0. The molecule has 2 aliphatic rings. The minimum Gasteiger partial charge on any atom is -0.369 e. The van der Waals surface area contributed by atoms with E-state index in [1.54, 1.807) is 0 Å². The Bertz CT molecular complexity index is 1640. The Hall–Kier alpha value is -3.59. The summed E-state index contributed by atoms with van der Waals surface area (Å²) in [6, 6.07) is 12.1. The first kappa shape index (κ1) is 33.8. The number of carbonyl (C=O) groups is 1. The molecule has 0 saturated carbocycles. The molecule has 0 aliphatic carbocycles. The number of nitrogens with zero attached hydrogens (tertiary/aromatic N) is 5. The highest BCUT2D eigenvalue weighted by Crippen LogP contribution is 2.38. The van der Waals surface area contributed by atoms with Gasteiger partial charge in [-0.05, 0) is 69.1 Å². The van der Waals surface area contributed by atoms with Crippen molar-refractivity contribution in [3.63, 3.8) is 0 Å². The second-order valence-corrected chi connectivity index (χ2v) is 13.2. The van der Waals surface area contributed by atoms with E-state index in [4.69, 9.17) is 16.6 Å². The fourth-order valence-corrected chi connectivity index (χ4v) is 7.13. The second kappa shape index (κ2) is 14.9. The lowest BCUT2D eigenvalue weighted by molar-refractivity contribution is -0.116. The lowest BCUT2D eigenvalue weighted by Gasteiger charge is -2.33. The summed E-state index contributed by atoms with van der Waals surface area (Å²) >= 11 is 7.14. The zero-order chi connectivity index (χ0) is 33.0. The number of halogens is 1. The molecule has 0 saturated heterocycles. The van der Waals surface area contributed by atoms with Crippen LogP contribution in [-0.4, -0.2) is 77.0 Å². The number of fused-ring (bicyclic) bond motifs is 1. The van der Waals surface area contributed by atoms with Crippen molar-refractivity contribution < 1.29 is 4.79 Å². The molecular formula is C37H50ClN7O. The van der Waals surface area contributed by atoms with Crippen LogP contribution in [0.3, 0.4) is 0 Å². The van der Waals surface area contributed by atoms with Gasteiger partial charge in [-0.2, -0.15) is 0 Å². The van der Waals surface area contributed by atoms with E-state index < -0.39 is 0 Å². The Morgan fingerprint density at radius 2 is 1.74 bits per heavy atom. The number of allylic oxidation sites excluding steroid dienone is 1. The number of rotatable bonds is 11. The monoisotopic (exact) mass is 643 g/mol. The molecule has 0 unspecified atom stereocenters. The highest BCUT2D eigenvalue weighted by Gasteiger charge is 2.24. The van der Waals surface area contributed by atoms with Crippen molar-refractivity contribution in [2.45, 2.75) is 59.9 Å². The Labute approximate surface area is 280 Å². The molecule has 3 aromatic rings. The van der Waals surface area contributed by atoms with E-state index in [1.807, 2.05) is 44.3 Å². The molecule has 5 rings (SSSR count). The summed E-state index contributed by atoms with van der Waals surface area (Å²) in [7, 11) is 6.27. The first-order valence-electron chi connectivity index (χ1n) is 16.6. The van der Waals surface area contributed by atoms with Gasteiger partial charge in [0, 0.05) is 75.8 Å². The third-order valence-corrected chi connectivity index (χ3v) is 9.67. The molecule has 2 aliphatic heterocycles. The van der Waals surface area contributed by atoms with Crippen LogP contribution in [0.15, 0.2) is 53.7 Å². The quantitative estimate of drug-likeness (QED) is 0.231. The number of imidazole rings is 1. The summed E-state index contributed by atoms with van der Waals surface area (Å²) in [6.07, 6.45) is 6.16. The zero-order valence-electron chi connectivity index (χ0n) is 28.6. The van der Waals surface area contributed by atoms with Crippen LogP contribution in [0, 0.1) is 6.92 Å². The minimum atomic E-state index is -0.0288. The molecule has 2 N–H and O–H groups in total. The van der Waals surface area contributed by atoms with Crippen LogP contribution in [0.2, 0.25) is 5.02 Å². The average molecular weight is 644 g/mol. The maximum absolute atomic E-state index is 13.3. The SMILES string of the molecule is CC/C=C(/Nc1cccc(-c2cccc(NC(=O)CN(C)C3=C(C)CN(CCC)CC3)c2C)c1Cl)c1nc2c(n1C)CCN(C)C2. The van der Waals surface area contributed by atoms with E-state index in [-0.39, 0.29) is 5.91 Å². The number of benzene rings is 2. The van der Waals surface area contributed by atoms with Gasteiger partial charge in [0.15, 0.2) is 5.82 Å². The number of anilines is 2. The van der Waals surface area contributed by atoms with Crippen molar-refractivity contribution in [3.8, 4) is 11.1 Å². The summed E-state index contributed by atoms with van der Waals surface area (Å²) in [6.45, 7) is 13.9. The summed E-state index contributed by atoms with van der Waals surface area (Å²) in [4.78, 5) is 25.2. The van der Waals surface area contributed by atoms with Gasteiger partial charge >= 0.3 is 0 Å². The summed E-state index contributed by atoms with van der Waals surface area (Å²) in [5, 5.41) is 7.42. The van der Waals surface area contributed by atoms with Crippen molar-refractivity contribution in [1.29, 1.82) is 0 Å². The van der Waals surface area contributed by atoms with Crippen LogP contribution >= 0.6 is 11.6 Å². The first-order chi connectivity index (χ1) is 22.1. The van der Waals surface area contributed by atoms with E-state index in [0.29, 0.717) is 11.6 Å². The number of hydrogen-bond acceptors (Lipinski definition) is 6. The molecule has 9 heteroatoms. The molecule has 3 heterocycles. The summed E-state index contributed by atoms with van der Waals surface area (Å²) in [5.74, 6) is 0.894. The van der Waals surface area contributed by atoms with Crippen molar-refractivity contribution in [3.05, 3.63) is 81.5 Å². The molecule has 8 nitrogen and oxygen atoms in total. The van der Waals surface area contributed by atoms with E-state index >= 15 is 0 Å². The highest BCUT2D eigenvalue weighted by molar-refractivity contribution is 6.36. The number of amides is 1. The largest absolute Gasteiger partial charge is 0.369 e. The summed E-state index contributed by atoms with van der Waals surface area (Å²) < 4.78 is 2.22. The van der Waals surface area contributed by atoms with Crippen LogP contribution in [0.1, 0.15) is 62.8 Å². The van der Waals surface area contributed by atoms with E-state index in [2.05, 4.69) is 76.9 Å². The van der Waals surface area contributed by atoms with Crippen molar-refractivity contribution in [2.75, 3.05) is 57.5 Å². The Balaban J connectivity index is 1.34. The van der Waals surface area contributed by atoms with Gasteiger partial charge in [0.25, 0.3) is 0 Å². The van der Waals surface area contributed by atoms with Crippen LogP contribution in [0.25, 0.3) is 16.8 Å². The van der Waals surface area contributed by atoms with Crippen LogP contribution in [0.5, 0.6) is 0 Å². The fraction of sp³-hybridized carbons (Fsp3) is 0.459. The first-order valence-corrected chi connectivity index (χ1v) is 17.0. The minimum absolute atomic E-state index is 0.0288. The number of likely N-dealkylation sites (N-methyl/N-ethyl adjacent to an activating group) is 2. The molecule has 1 amide bonds. The zero-order valence-corrected chi connectivity index (χ0v) is 29.4. The predicted molar refractivity (Wildman–Crippen MR) is 192 cm³/mol. The number of carbonyl (C=O) groups excluding carboxylic acids is 1. The molecular weight excluding hydrogens is 594 g/mol. The van der Waals surface area contributed by atoms with Crippen LogP contribution in [0.4, 0.5) is 11.4 Å². The Morgan fingerprint density at radius 3 is 2.46 bits per heavy atom. The van der Waals surface area contributed by atoms with Crippen molar-refractivity contribution in [1.82, 2.24) is 24.3 Å². The van der Waals surface area contributed by atoms with Gasteiger partial charge in [-0.3, -0.25) is 9.69 Å². The number of nitrogens with one attached hydrogen (secondary N) is 2. The summed E-state index contributed by atoms with van der Waals surface area (Å²) in [5.41, 5.74) is 10.5. The van der Waals surface area contributed by atoms with Gasteiger partial charge in [0.05, 0.1) is 28.6 Å². The Morgan fingerprint density at radius 1 is 1.00 bits per heavy atom. The second-order valence-electron chi connectivity index (χ2n) is 12.8. The van der Waals surface area contributed by atoms with Crippen molar-refractivity contribution >= 4 is 34.6 Å². The maximum Gasteiger partial charge on any atom is 0.243 e. The lowest BCUT2D eigenvalue weighted by Crippen LogP contribution is -2.37. The van der Waals surface area contributed by atoms with Crippen LogP contribution in [-0.2, 0) is 24.8 Å². The maximum atomic E-state index is 13.3. The molecule has 246 valence electrons. The van der Waals surface area contributed by atoms with Crippen LogP contribution < -0.4 is 10.6 Å². The lowest BCUT2D eigenvalue weighted by atomic mass is 9.98. The predicted octanol–water partition coefficient (Wildman–Crippen LogP) is 7.16. The fourth-order valence-electron chi connectivity index (χ4n) is 6.85. The van der Waals surface area contributed by atoms with E-state index in [0.717, 1.165) is 104 Å². The molecule has 0 radical (unpaired) electrons. The molecule has 2 aromatic carbocycles. The molecule has 0 fully saturated rings. The van der Waals surface area contributed by atoms with Gasteiger partial charge in [-0.25, -0.2) is 4.98 Å². The van der Waals surface area contributed by atoms with Gasteiger partial charge in [0.1, 0.15) is 0 Å². The standard InChI is InChI=1S/C37H50ClN7O/c1-8-12-31(37-41-32-23-42(5)20-17-34(32)44(37)7)39-30-16-11-14-28(36(30)38)27-13-10-15-29(26(27)4)40-35(46)24-43(6)33-18-21-45(19-9-2)22-25(33)3/h10-16,39H,8-9,17-24H2,1-7H3,(H,40,46)/b31-12+.